The minimum atomic E-state index is 1.06. The van der Waals surface area contributed by atoms with Gasteiger partial charge in [-0.1, -0.05) is 115 Å². The molecule has 11 rings (SSSR count). The van der Waals surface area contributed by atoms with E-state index in [0.29, 0.717) is 0 Å². The van der Waals surface area contributed by atoms with E-state index in [4.69, 9.17) is 0 Å². The molecular formula is C42H26N2. The van der Waals surface area contributed by atoms with Gasteiger partial charge in [-0.15, -0.1) is 0 Å². The van der Waals surface area contributed by atoms with Gasteiger partial charge < -0.3 is 8.80 Å². The van der Waals surface area contributed by atoms with E-state index in [1.807, 2.05) is 0 Å². The van der Waals surface area contributed by atoms with Gasteiger partial charge in [0.25, 0.3) is 0 Å². The third-order valence-electron chi connectivity index (χ3n) is 10.3. The van der Waals surface area contributed by atoms with Gasteiger partial charge in [0.1, 0.15) is 0 Å². The van der Waals surface area contributed by atoms with Crippen molar-refractivity contribution < 1.29 is 0 Å². The van der Waals surface area contributed by atoms with Gasteiger partial charge in [-0.2, -0.15) is 0 Å². The van der Waals surface area contributed by atoms with Crippen LogP contribution in [-0.4, -0.2) is 8.80 Å². The Balaban J connectivity index is 1.30. The van der Waals surface area contributed by atoms with Gasteiger partial charge in [-0.05, 0) is 47.7 Å². The maximum absolute atomic E-state index is 2.58. The fourth-order valence-corrected chi connectivity index (χ4v) is 8.49. The summed E-state index contributed by atoms with van der Waals surface area (Å²) in [6.07, 6.45) is 6.88. The fraction of sp³-hybridized carbons (Fsp3) is 0.0476. The Morgan fingerprint density at radius 1 is 0.455 bits per heavy atom. The maximum Gasteiger partial charge on any atom is 0.0623 e. The predicted octanol–water partition coefficient (Wildman–Crippen LogP) is 11.1. The molecule has 0 bridgehead atoms. The van der Waals surface area contributed by atoms with Gasteiger partial charge in [0.05, 0.1) is 27.6 Å². The second-order valence-corrected chi connectivity index (χ2v) is 12.4. The molecule has 2 heteroatoms. The Labute approximate surface area is 253 Å². The number of rotatable bonds is 2. The van der Waals surface area contributed by atoms with Crippen LogP contribution in [0, 0.1) is 0 Å². The highest BCUT2D eigenvalue weighted by Crippen LogP contribution is 2.48. The molecule has 2 nitrogen and oxygen atoms in total. The summed E-state index contributed by atoms with van der Waals surface area (Å²) in [5, 5.41) is 9.34. The number of nitrogens with zero attached hydrogens (tertiary/aromatic N) is 2. The molecule has 0 saturated carbocycles. The van der Waals surface area contributed by atoms with Crippen LogP contribution in [-0.2, 0) is 6.42 Å². The van der Waals surface area contributed by atoms with Crippen LogP contribution in [0.5, 0.6) is 0 Å². The molecule has 44 heavy (non-hydrogen) atoms. The monoisotopic (exact) mass is 558 g/mol. The summed E-state index contributed by atoms with van der Waals surface area (Å²) in [7, 11) is 0. The lowest BCUT2D eigenvalue weighted by Gasteiger charge is -2.12. The zero-order valence-corrected chi connectivity index (χ0v) is 24.0. The molecule has 4 heterocycles. The summed E-state index contributed by atoms with van der Waals surface area (Å²) in [4.78, 5) is 0. The summed E-state index contributed by atoms with van der Waals surface area (Å²) < 4.78 is 5.11. The summed E-state index contributed by atoms with van der Waals surface area (Å²) in [5.74, 6) is 0. The van der Waals surface area contributed by atoms with Crippen LogP contribution in [0.25, 0.3) is 93.6 Å². The first-order valence-electron chi connectivity index (χ1n) is 15.6. The minimum absolute atomic E-state index is 1.06. The maximum atomic E-state index is 2.58. The summed E-state index contributed by atoms with van der Waals surface area (Å²) in [6, 6.07) is 45.1. The average molecular weight is 559 g/mol. The number of allylic oxidation sites excluding steroid dienone is 1. The van der Waals surface area contributed by atoms with E-state index in [2.05, 4.69) is 142 Å². The van der Waals surface area contributed by atoms with Crippen molar-refractivity contribution in [1.82, 2.24) is 8.80 Å². The summed E-state index contributed by atoms with van der Waals surface area (Å²) in [6.45, 7) is 0. The lowest BCUT2D eigenvalue weighted by Crippen LogP contribution is -1.96. The molecule has 0 unspecified atom stereocenters. The number of para-hydroxylation sites is 3. The van der Waals surface area contributed by atoms with Crippen LogP contribution in [0.15, 0.2) is 127 Å². The molecule has 0 amide bonds. The number of hydrogen-bond acceptors (Lipinski definition) is 0. The molecule has 0 radical (unpaired) electrons. The first kappa shape index (κ1) is 22.9. The van der Waals surface area contributed by atoms with Crippen molar-refractivity contribution in [3.05, 3.63) is 139 Å². The zero-order valence-electron chi connectivity index (χ0n) is 24.0. The second-order valence-electron chi connectivity index (χ2n) is 12.4. The molecule has 4 aromatic heterocycles. The van der Waals surface area contributed by atoms with Gasteiger partial charge in [0.15, 0.2) is 0 Å². The van der Waals surface area contributed by atoms with Crippen LogP contribution < -0.4 is 0 Å². The van der Waals surface area contributed by atoms with Crippen LogP contribution >= 0.6 is 0 Å². The van der Waals surface area contributed by atoms with Gasteiger partial charge in [0.2, 0.25) is 0 Å². The summed E-state index contributed by atoms with van der Waals surface area (Å²) in [5.41, 5.74) is 14.5. The van der Waals surface area contributed by atoms with Crippen molar-refractivity contribution in [3.63, 3.8) is 0 Å². The Kier molecular flexibility index (Phi) is 4.20. The number of hydrogen-bond donors (Lipinski definition) is 0. The minimum Gasteiger partial charge on any atom is -0.312 e. The number of benzene rings is 6. The van der Waals surface area contributed by atoms with Crippen molar-refractivity contribution in [2.45, 2.75) is 12.8 Å². The van der Waals surface area contributed by atoms with E-state index in [1.165, 1.54) is 98.8 Å². The topological polar surface area (TPSA) is 8.82 Å². The number of aryl methyl sites for hydroxylation is 1. The number of aromatic nitrogens is 2. The highest BCUT2D eigenvalue weighted by molar-refractivity contribution is 6.27. The standard InChI is InChI=1S/C42H26N2/c1-2-10-25(11-3-1)26-20-23-38-35(24-26)33-22-21-28(39-34-13-5-7-19-37(34)43(38)42(33)39)30-15-9-17-32-31-16-8-14-29-27-12-4-6-18-36(27)44(40(29)31)41(30)32/h1-6,8-18,20-24H,7,19H2. The van der Waals surface area contributed by atoms with Crippen LogP contribution in [0.1, 0.15) is 17.7 Å². The third-order valence-corrected chi connectivity index (χ3v) is 10.3. The van der Waals surface area contributed by atoms with Gasteiger partial charge in [0, 0.05) is 54.5 Å². The molecule has 204 valence electrons. The zero-order chi connectivity index (χ0) is 28.5. The highest BCUT2D eigenvalue weighted by Gasteiger charge is 2.26. The highest BCUT2D eigenvalue weighted by atomic mass is 14.9. The molecule has 10 aromatic rings. The third kappa shape index (κ3) is 2.68. The van der Waals surface area contributed by atoms with Crippen LogP contribution in [0.2, 0.25) is 0 Å². The largest absolute Gasteiger partial charge is 0.312 e. The van der Waals surface area contributed by atoms with E-state index in [1.54, 1.807) is 0 Å². The SMILES string of the molecule is C1=Cc2c(n3c4ccc(-c5ccccc5)cc4c4ccc(-c5cccc6c7cccc8c9ccccc9n(c56)c87)c2c43)CC1. The van der Waals surface area contributed by atoms with E-state index < -0.39 is 0 Å². The Bertz CT molecular complexity index is 2810. The predicted molar refractivity (Wildman–Crippen MR) is 186 cm³/mol. The van der Waals surface area contributed by atoms with E-state index >= 15 is 0 Å². The molecule has 6 aromatic carbocycles. The van der Waals surface area contributed by atoms with Gasteiger partial charge in [-0.25, -0.2) is 0 Å². The quantitative estimate of drug-likeness (QED) is 0.200. The van der Waals surface area contributed by atoms with E-state index in [9.17, 15) is 0 Å². The number of fused-ring (bicyclic) bond motifs is 12. The average Bonchev–Trinajstić information content (AvgIpc) is 3.82. The summed E-state index contributed by atoms with van der Waals surface area (Å²) >= 11 is 0. The molecule has 0 atom stereocenters. The molecule has 0 fully saturated rings. The lowest BCUT2D eigenvalue weighted by molar-refractivity contribution is 0.926. The first-order chi connectivity index (χ1) is 21.9. The molecule has 0 spiro atoms. The van der Waals surface area contributed by atoms with Gasteiger partial charge in [-0.3, -0.25) is 0 Å². The van der Waals surface area contributed by atoms with E-state index in [0.717, 1.165) is 12.8 Å². The normalized spacial score (nSPS) is 13.6. The molecule has 1 aliphatic carbocycles. The smallest absolute Gasteiger partial charge is 0.0623 e. The Morgan fingerprint density at radius 2 is 1.18 bits per heavy atom. The van der Waals surface area contributed by atoms with Crippen molar-refractivity contribution in [3.8, 4) is 22.3 Å². The molecule has 0 aliphatic heterocycles. The fourth-order valence-electron chi connectivity index (χ4n) is 8.49. The van der Waals surface area contributed by atoms with Crippen molar-refractivity contribution in [2.24, 2.45) is 0 Å². The molecule has 0 N–H and O–H groups in total. The molecule has 1 aliphatic rings. The van der Waals surface area contributed by atoms with Crippen LogP contribution in [0.4, 0.5) is 0 Å². The second kappa shape index (κ2) is 8.06. The Hall–Kier alpha value is -5.60. The van der Waals surface area contributed by atoms with Crippen molar-refractivity contribution >= 4 is 71.4 Å². The van der Waals surface area contributed by atoms with E-state index in [-0.39, 0.29) is 0 Å². The van der Waals surface area contributed by atoms with Crippen molar-refractivity contribution in [1.29, 1.82) is 0 Å². The van der Waals surface area contributed by atoms with Gasteiger partial charge >= 0.3 is 0 Å². The van der Waals surface area contributed by atoms with Crippen LogP contribution in [0.3, 0.4) is 0 Å². The molecule has 0 saturated heterocycles. The molecular weight excluding hydrogens is 532 g/mol. The van der Waals surface area contributed by atoms with Crippen molar-refractivity contribution in [2.75, 3.05) is 0 Å². The lowest BCUT2D eigenvalue weighted by atomic mass is 9.92. The first-order valence-corrected chi connectivity index (χ1v) is 15.6. The Morgan fingerprint density at radius 3 is 2.09 bits per heavy atom.